The zero-order valence-corrected chi connectivity index (χ0v) is 17.2. The van der Waals surface area contributed by atoms with Crippen LogP contribution in [0.2, 0.25) is 0 Å². The second-order valence-electron chi connectivity index (χ2n) is 6.13. The van der Waals surface area contributed by atoms with Crippen molar-refractivity contribution in [1.82, 2.24) is 0 Å². The Bertz CT molecular complexity index is 979. The Morgan fingerprint density at radius 1 is 0.929 bits per heavy atom. The summed E-state index contributed by atoms with van der Waals surface area (Å²) in [7, 11) is 1.62. The minimum absolute atomic E-state index is 0.0459. The van der Waals surface area contributed by atoms with Gasteiger partial charge in [0.1, 0.15) is 17.2 Å². The second kappa shape index (κ2) is 9.24. The fraction of sp³-hybridized carbons (Fsp3) is 0.0870. The normalized spacial score (nSPS) is 11.0. The van der Waals surface area contributed by atoms with Crippen molar-refractivity contribution in [1.29, 1.82) is 0 Å². The van der Waals surface area contributed by atoms with Crippen molar-refractivity contribution >= 4 is 27.4 Å². The molecular formula is C23H20BrNO3. The molecule has 3 aromatic carbocycles. The van der Waals surface area contributed by atoms with Crippen LogP contribution in [0, 0.1) is 0 Å². The van der Waals surface area contributed by atoms with Crippen molar-refractivity contribution in [3.63, 3.8) is 0 Å². The zero-order chi connectivity index (χ0) is 19.9. The Kier molecular flexibility index (Phi) is 6.50. The summed E-state index contributed by atoms with van der Waals surface area (Å²) in [6.45, 7) is 1.86. The van der Waals surface area contributed by atoms with Crippen LogP contribution in [0.1, 0.15) is 17.3 Å². The van der Waals surface area contributed by atoms with E-state index in [4.69, 9.17) is 9.47 Å². The number of benzene rings is 3. The molecule has 0 atom stereocenters. The van der Waals surface area contributed by atoms with Crippen molar-refractivity contribution in [2.75, 3.05) is 12.4 Å². The molecule has 3 rings (SSSR count). The molecule has 3 aromatic rings. The van der Waals surface area contributed by atoms with Gasteiger partial charge in [0.25, 0.3) is 0 Å². The van der Waals surface area contributed by atoms with Gasteiger partial charge in [-0.25, -0.2) is 0 Å². The van der Waals surface area contributed by atoms with Gasteiger partial charge in [-0.3, -0.25) is 4.79 Å². The lowest BCUT2D eigenvalue weighted by Gasteiger charge is -2.10. The molecular weight excluding hydrogens is 418 g/mol. The molecule has 0 aliphatic rings. The lowest BCUT2D eigenvalue weighted by atomic mass is 10.1. The van der Waals surface area contributed by atoms with Gasteiger partial charge in [0, 0.05) is 33.6 Å². The van der Waals surface area contributed by atoms with E-state index in [0.29, 0.717) is 17.1 Å². The molecule has 28 heavy (non-hydrogen) atoms. The van der Waals surface area contributed by atoms with Crippen LogP contribution >= 0.6 is 15.9 Å². The number of nitrogens with one attached hydrogen (secondary N) is 1. The summed E-state index contributed by atoms with van der Waals surface area (Å²) < 4.78 is 12.0. The Balaban J connectivity index is 1.63. The average Bonchev–Trinajstić information content (AvgIpc) is 2.70. The highest BCUT2D eigenvalue weighted by Gasteiger charge is 2.04. The van der Waals surface area contributed by atoms with Crippen molar-refractivity contribution in [2.45, 2.75) is 6.92 Å². The van der Waals surface area contributed by atoms with E-state index < -0.39 is 0 Å². The summed E-state index contributed by atoms with van der Waals surface area (Å²) in [5.41, 5.74) is 2.27. The molecule has 0 amide bonds. The number of carbonyl (C=O) groups is 1. The number of hydrogen-bond donors (Lipinski definition) is 1. The molecule has 142 valence electrons. The number of ketones is 1. The summed E-state index contributed by atoms with van der Waals surface area (Å²) in [6, 6.07) is 22.3. The Labute approximate surface area is 172 Å². The number of allylic oxidation sites excluding steroid dienone is 2. The maximum absolute atomic E-state index is 12.3. The van der Waals surface area contributed by atoms with Crippen molar-refractivity contribution in [3.05, 3.63) is 94.6 Å². The summed E-state index contributed by atoms with van der Waals surface area (Å²) >= 11 is 3.37. The number of carbonyl (C=O) groups excluding carboxylic acids is 1. The fourth-order valence-electron chi connectivity index (χ4n) is 2.56. The van der Waals surface area contributed by atoms with E-state index in [1.54, 1.807) is 25.3 Å². The number of halogens is 1. The van der Waals surface area contributed by atoms with Crippen LogP contribution in [0.25, 0.3) is 0 Å². The second-order valence-corrected chi connectivity index (χ2v) is 7.04. The van der Waals surface area contributed by atoms with E-state index in [1.807, 2.05) is 67.6 Å². The van der Waals surface area contributed by atoms with Gasteiger partial charge in [0.05, 0.1) is 7.11 Å². The minimum Gasteiger partial charge on any atom is -0.497 e. The lowest BCUT2D eigenvalue weighted by Crippen LogP contribution is -2.01. The van der Waals surface area contributed by atoms with E-state index in [0.717, 1.165) is 21.6 Å². The average molecular weight is 438 g/mol. The molecule has 1 N–H and O–H groups in total. The van der Waals surface area contributed by atoms with E-state index in [9.17, 15) is 4.79 Å². The topological polar surface area (TPSA) is 47.6 Å². The highest BCUT2D eigenvalue weighted by molar-refractivity contribution is 9.10. The third-order valence-corrected chi connectivity index (χ3v) is 4.48. The molecule has 0 aromatic heterocycles. The third-order valence-electron chi connectivity index (χ3n) is 3.95. The van der Waals surface area contributed by atoms with Crippen molar-refractivity contribution in [2.24, 2.45) is 0 Å². The smallest absolute Gasteiger partial charge is 0.187 e. The number of hydrogen-bond acceptors (Lipinski definition) is 4. The van der Waals surface area contributed by atoms with Crippen LogP contribution in [0.5, 0.6) is 17.2 Å². The monoisotopic (exact) mass is 437 g/mol. The molecule has 0 bridgehead atoms. The maximum atomic E-state index is 12.3. The molecule has 0 aliphatic heterocycles. The first-order chi connectivity index (χ1) is 13.5. The first-order valence-corrected chi connectivity index (χ1v) is 9.50. The molecule has 0 saturated carbocycles. The molecule has 0 heterocycles. The van der Waals surface area contributed by atoms with Crippen molar-refractivity contribution < 1.29 is 14.3 Å². The van der Waals surface area contributed by atoms with E-state index >= 15 is 0 Å². The van der Waals surface area contributed by atoms with Crippen molar-refractivity contribution in [3.8, 4) is 17.2 Å². The molecule has 0 aliphatic carbocycles. The zero-order valence-electron chi connectivity index (χ0n) is 15.6. The van der Waals surface area contributed by atoms with Gasteiger partial charge < -0.3 is 14.8 Å². The number of rotatable bonds is 7. The van der Waals surface area contributed by atoms with E-state index in [1.165, 1.54) is 0 Å². The van der Waals surface area contributed by atoms with Crippen LogP contribution in [0.15, 0.2) is 89.0 Å². The fourth-order valence-corrected chi connectivity index (χ4v) is 2.83. The van der Waals surface area contributed by atoms with Crippen LogP contribution in [0.4, 0.5) is 5.69 Å². The first-order valence-electron chi connectivity index (χ1n) is 8.71. The Morgan fingerprint density at radius 3 is 2.29 bits per heavy atom. The van der Waals surface area contributed by atoms with E-state index in [-0.39, 0.29) is 5.78 Å². The van der Waals surface area contributed by atoms with Gasteiger partial charge in [0.15, 0.2) is 5.78 Å². The van der Waals surface area contributed by atoms with Gasteiger partial charge >= 0.3 is 0 Å². The predicted molar refractivity (Wildman–Crippen MR) is 115 cm³/mol. The highest BCUT2D eigenvalue weighted by Crippen LogP contribution is 2.26. The molecule has 4 nitrogen and oxygen atoms in total. The lowest BCUT2D eigenvalue weighted by molar-refractivity contribution is 0.104. The Morgan fingerprint density at radius 2 is 1.61 bits per heavy atom. The van der Waals surface area contributed by atoms with Crippen LogP contribution in [0.3, 0.4) is 0 Å². The maximum Gasteiger partial charge on any atom is 0.187 e. The van der Waals surface area contributed by atoms with Gasteiger partial charge in [-0.2, -0.15) is 0 Å². The quantitative estimate of drug-likeness (QED) is 0.340. The molecule has 0 spiro atoms. The molecule has 0 unspecified atom stereocenters. The van der Waals surface area contributed by atoms with Crippen LogP contribution in [-0.4, -0.2) is 12.9 Å². The van der Waals surface area contributed by atoms with Crippen LogP contribution < -0.4 is 14.8 Å². The minimum atomic E-state index is -0.0459. The summed E-state index contributed by atoms with van der Waals surface area (Å²) in [4.78, 5) is 12.3. The third kappa shape index (κ3) is 5.47. The number of methoxy groups -OCH3 is 1. The molecule has 5 heteroatoms. The molecule has 0 fully saturated rings. The Hall–Kier alpha value is -3.05. The summed E-state index contributed by atoms with van der Waals surface area (Å²) in [5.74, 6) is 2.12. The predicted octanol–water partition coefficient (Wildman–Crippen LogP) is 6.45. The van der Waals surface area contributed by atoms with Gasteiger partial charge in [-0.05, 0) is 67.6 Å². The summed E-state index contributed by atoms with van der Waals surface area (Å²) in [5, 5.41) is 3.22. The SMILES string of the molecule is COc1cccc(Oc2ccc(N/C(C)=C/C(=O)c3ccc(Br)cc3)cc2)c1. The van der Waals surface area contributed by atoms with E-state index in [2.05, 4.69) is 21.2 Å². The van der Waals surface area contributed by atoms with Gasteiger partial charge in [-0.15, -0.1) is 0 Å². The number of anilines is 1. The van der Waals surface area contributed by atoms with Gasteiger partial charge in [0.2, 0.25) is 0 Å². The largest absolute Gasteiger partial charge is 0.497 e. The number of ether oxygens (including phenoxy) is 2. The highest BCUT2D eigenvalue weighted by atomic mass is 79.9. The summed E-state index contributed by atoms with van der Waals surface area (Å²) in [6.07, 6.45) is 1.59. The van der Waals surface area contributed by atoms with Crippen LogP contribution in [-0.2, 0) is 0 Å². The molecule has 0 saturated heterocycles. The first kappa shape index (κ1) is 19.7. The van der Waals surface area contributed by atoms with Gasteiger partial charge in [-0.1, -0.05) is 22.0 Å². The standard InChI is InChI=1S/C23H20BrNO3/c1-16(14-23(26)17-6-8-18(24)9-7-17)25-19-10-12-20(13-11-19)28-22-5-3-4-21(15-22)27-2/h3-15,25H,1-2H3/b16-14+. The molecule has 0 radical (unpaired) electrons.